The highest BCUT2D eigenvalue weighted by Crippen LogP contribution is 2.12. The van der Waals surface area contributed by atoms with Crippen molar-refractivity contribution in [3.63, 3.8) is 0 Å². The Kier molecular flexibility index (Phi) is 4.95. The summed E-state index contributed by atoms with van der Waals surface area (Å²) in [4.78, 5) is 11.2. The first-order valence-electron chi connectivity index (χ1n) is 4.28. The van der Waals surface area contributed by atoms with Crippen LogP contribution in [-0.2, 0) is 14.3 Å². The predicted octanol–water partition coefficient (Wildman–Crippen LogP) is 0.549. The van der Waals surface area contributed by atoms with Gasteiger partial charge in [-0.05, 0) is 5.41 Å². The van der Waals surface area contributed by atoms with E-state index in [1.165, 1.54) is 7.11 Å². The summed E-state index contributed by atoms with van der Waals surface area (Å²) in [6, 6.07) is -0.674. The molecule has 0 saturated carbocycles. The van der Waals surface area contributed by atoms with Crippen LogP contribution in [0.2, 0.25) is 0 Å². The van der Waals surface area contributed by atoms with Crippen molar-refractivity contribution in [1.29, 1.82) is 0 Å². The summed E-state index contributed by atoms with van der Waals surface area (Å²) >= 11 is 0. The molecule has 0 aliphatic carbocycles. The van der Waals surface area contributed by atoms with Gasteiger partial charge in [0.15, 0.2) is 0 Å². The van der Waals surface area contributed by atoms with Gasteiger partial charge in [-0.2, -0.15) is 0 Å². The topological polar surface area (TPSA) is 61.5 Å². The zero-order chi connectivity index (χ0) is 10.5. The fourth-order valence-electron chi connectivity index (χ4n) is 0.642. The number of methoxy groups -OCH3 is 1. The van der Waals surface area contributed by atoms with Crippen LogP contribution in [0.15, 0.2) is 0 Å². The molecule has 13 heavy (non-hydrogen) atoms. The lowest BCUT2D eigenvalue weighted by Crippen LogP contribution is -2.37. The van der Waals surface area contributed by atoms with Crippen LogP contribution in [0.25, 0.3) is 0 Å². The second kappa shape index (κ2) is 5.19. The van der Waals surface area contributed by atoms with Gasteiger partial charge in [0, 0.05) is 7.11 Å². The number of hydrogen-bond acceptors (Lipinski definition) is 4. The largest absolute Gasteiger partial charge is 0.464 e. The third kappa shape index (κ3) is 6.54. The summed E-state index contributed by atoms with van der Waals surface area (Å²) in [5, 5.41) is 0. The number of nitrogens with two attached hydrogens (primary N) is 1. The third-order valence-corrected chi connectivity index (χ3v) is 1.30. The fraction of sp³-hybridized carbons (Fsp3) is 0.889. The van der Waals surface area contributed by atoms with E-state index in [0.29, 0.717) is 6.61 Å². The highest BCUT2D eigenvalue weighted by atomic mass is 16.5. The van der Waals surface area contributed by atoms with Gasteiger partial charge in [-0.15, -0.1) is 0 Å². The van der Waals surface area contributed by atoms with E-state index in [0.717, 1.165) is 0 Å². The average Bonchev–Trinajstić information content (AvgIpc) is 1.99. The van der Waals surface area contributed by atoms with E-state index in [1.807, 2.05) is 20.8 Å². The monoisotopic (exact) mass is 189 g/mol. The molecule has 2 N–H and O–H groups in total. The standard InChI is InChI=1S/C9H19NO3/c1-9(2,3)6-13-8(11)7(10)5-12-4/h7H,5-6,10H2,1-4H3. The molecule has 0 bridgehead atoms. The molecule has 0 aliphatic heterocycles. The molecule has 4 nitrogen and oxygen atoms in total. The molecule has 1 atom stereocenters. The molecule has 0 aromatic rings. The van der Waals surface area contributed by atoms with E-state index >= 15 is 0 Å². The number of hydrogen-bond donors (Lipinski definition) is 1. The van der Waals surface area contributed by atoms with Crippen LogP contribution in [0.1, 0.15) is 20.8 Å². The highest BCUT2D eigenvalue weighted by Gasteiger charge is 2.18. The minimum absolute atomic E-state index is 0.0253. The Morgan fingerprint density at radius 1 is 1.46 bits per heavy atom. The van der Waals surface area contributed by atoms with E-state index in [9.17, 15) is 4.79 Å². The van der Waals surface area contributed by atoms with Gasteiger partial charge in [-0.3, -0.25) is 4.79 Å². The smallest absolute Gasteiger partial charge is 0.325 e. The van der Waals surface area contributed by atoms with Crippen LogP contribution in [0, 0.1) is 5.41 Å². The van der Waals surface area contributed by atoms with E-state index in [4.69, 9.17) is 15.2 Å². The minimum Gasteiger partial charge on any atom is -0.464 e. The molecule has 0 heterocycles. The number of ether oxygens (including phenoxy) is 2. The molecule has 4 heteroatoms. The molecule has 0 fully saturated rings. The summed E-state index contributed by atoms with van der Waals surface area (Å²) in [6.07, 6.45) is 0. The molecular formula is C9H19NO3. The van der Waals surface area contributed by atoms with Crippen LogP contribution in [0.3, 0.4) is 0 Å². The minimum atomic E-state index is -0.674. The summed E-state index contributed by atoms with van der Waals surface area (Å²) in [5.74, 6) is -0.406. The van der Waals surface area contributed by atoms with Gasteiger partial charge < -0.3 is 15.2 Å². The van der Waals surface area contributed by atoms with Gasteiger partial charge in [0.25, 0.3) is 0 Å². The molecule has 0 spiro atoms. The molecule has 0 aliphatic rings. The Morgan fingerprint density at radius 3 is 2.38 bits per heavy atom. The maximum atomic E-state index is 11.2. The lowest BCUT2D eigenvalue weighted by molar-refractivity contribution is -0.149. The summed E-state index contributed by atoms with van der Waals surface area (Å²) in [6.45, 7) is 6.54. The molecule has 0 aromatic heterocycles. The van der Waals surface area contributed by atoms with Gasteiger partial charge in [-0.25, -0.2) is 0 Å². The number of rotatable bonds is 4. The second-order valence-electron chi connectivity index (χ2n) is 4.23. The van der Waals surface area contributed by atoms with Crippen LogP contribution in [-0.4, -0.2) is 32.3 Å². The maximum absolute atomic E-state index is 11.2. The number of carbonyl (C=O) groups is 1. The van der Waals surface area contributed by atoms with Crippen molar-refractivity contribution in [2.24, 2.45) is 11.1 Å². The second-order valence-corrected chi connectivity index (χ2v) is 4.23. The molecule has 0 amide bonds. The van der Waals surface area contributed by atoms with Crippen LogP contribution < -0.4 is 5.73 Å². The van der Waals surface area contributed by atoms with Crippen molar-refractivity contribution in [3.05, 3.63) is 0 Å². The van der Waals surface area contributed by atoms with E-state index in [2.05, 4.69) is 0 Å². The third-order valence-electron chi connectivity index (χ3n) is 1.30. The number of carbonyl (C=O) groups excluding carboxylic acids is 1. The first kappa shape index (κ1) is 12.4. The fourth-order valence-corrected chi connectivity index (χ4v) is 0.642. The van der Waals surface area contributed by atoms with Gasteiger partial charge in [0.05, 0.1) is 13.2 Å². The Labute approximate surface area is 79.4 Å². The Bertz CT molecular complexity index is 163. The summed E-state index contributed by atoms with van der Waals surface area (Å²) < 4.78 is 9.71. The predicted molar refractivity (Wildman–Crippen MR) is 50.3 cm³/mol. The Balaban J connectivity index is 3.74. The SMILES string of the molecule is COCC(N)C(=O)OCC(C)(C)C. The van der Waals surface area contributed by atoms with Crippen LogP contribution in [0.4, 0.5) is 0 Å². The van der Waals surface area contributed by atoms with Crippen molar-refractivity contribution in [1.82, 2.24) is 0 Å². The highest BCUT2D eigenvalue weighted by molar-refractivity contribution is 5.75. The molecule has 0 saturated heterocycles. The summed E-state index contributed by atoms with van der Waals surface area (Å²) in [7, 11) is 1.50. The zero-order valence-electron chi connectivity index (χ0n) is 8.79. The molecule has 78 valence electrons. The van der Waals surface area contributed by atoms with E-state index in [1.54, 1.807) is 0 Å². The average molecular weight is 189 g/mol. The zero-order valence-corrected chi connectivity index (χ0v) is 8.79. The van der Waals surface area contributed by atoms with Crippen molar-refractivity contribution in [2.45, 2.75) is 26.8 Å². The normalized spacial score (nSPS) is 13.9. The van der Waals surface area contributed by atoms with Gasteiger partial charge in [-0.1, -0.05) is 20.8 Å². The van der Waals surface area contributed by atoms with Crippen molar-refractivity contribution < 1.29 is 14.3 Å². The quantitative estimate of drug-likeness (QED) is 0.656. The lowest BCUT2D eigenvalue weighted by Gasteiger charge is -2.19. The Hall–Kier alpha value is -0.610. The van der Waals surface area contributed by atoms with Gasteiger partial charge >= 0.3 is 5.97 Å². The van der Waals surface area contributed by atoms with Crippen molar-refractivity contribution >= 4 is 5.97 Å². The molecule has 0 radical (unpaired) electrons. The first-order chi connectivity index (χ1) is 5.87. The van der Waals surface area contributed by atoms with Crippen LogP contribution >= 0.6 is 0 Å². The summed E-state index contributed by atoms with van der Waals surface area (Å²) in [5.41, 5.74) is 5.43. The Morgan fingerprint density at radius 2 is 2.00 bits per heavy atom. The molecule has 1 unspecified atom stereocenters. The molecular weight excluding hydrogens is 170 g/mol. The maximum Gasteiger partial charge on any atom is 0.325 e. The number of esters is 1. The van der Waals surface area contributed by atoms with E-state index < -0.39 is 12.0 Å². The lowest BCUT2D eigenvalue weighted by atomic mass is 9.99. The van der Waals surface area contributed by atoms with Crippen molar-refractivity contribution in [2.75, 3.05) is 20.3 Å². The van der Waals surface area contributed by atoms with Gasteiger partial charge in [0.1, 0.15) is 6.04 Å². The first-order valence-corrected chi connectivity index (χ1v) is 4.28. The molecule has 0 rings (SSSR count). The van der Waals surface area contributed by atoms with Crippen molar-refractivity contribution in [3.8, 4) is 0 Å². The van der Waals surface area contributed by atoms with E-state index in [-0.39, 0.29) is 12.0 Å². The van der Waals surface area contributed by atoms with Crippen LogP contribution in [0.5, 0.6) is 0 Å². The van der Waals surface area contributed by atoms with Gasteiger partial charge in [0.2, 0.25) is 0 Å². The molecule has 0 aromatic carbocycles.